The van der Waals surface area contributed by atoms with Crippen LogP contribution in [0.25, 0.3) is 0 Å². The van der Waals surface area contributed by atoms with E-state index in [0.29, 0.717) is 12.0 Å². The van der Waals surface area contributed by atoms with Crippen molar-refractivity contribution in [2.75, 3.05) is 6.61 Å². The van der Waals surface area contributed by atoms with E-state index in [0.717, 1.165) is 5.70 Å². The first-order valence-corrected chi connectivity index (χ1v) is 5.09. The van der Waals surface area contributed by atoms with Gasteiger partial charge in [0.1, 0.15) is 6.10 Å². The van der Waals surface area contributed by atoms with E-state index in [1.807, 2.05) is 6.92 Å². The fourth-order valence-electron chi connectivity index (χ4n) is 1.34. The highest BCUT2D eigenvalue weighted by Gasteiger charge is 2.28. The van der Waals surface area contributed by atoms with Crippen LogP contribution in [0.3, 0.4) is 0 Å². The number of hydrogen-bond acceptors (Lipinski definition) is 4. The molecule has 0 amide bonds. The van der Waals surface area contributed by atoms with Gasteiger partial charge in [-0.1, -0.05) is 0 Å². The molecule has 2 heterocycles. The summed E-state index contributed by atoms with van der Waals surface area (Å²) in [5.74, 6) is 0. The lowest BCUT2D eigenvalue weighted by Crippen LogP contribution is -2.26. The van der Waals surface area contributed by atoms with Crippen molar-refractivity contribution in [2.24, 2.45) is 0 Å². The van der Waals surface area contributed by atoms with Crippen molar-refractivity contribution in [3.05, 3.63) is 11.1 Å². The zero-order valence-corrected chi connectivity index (χ0v) is 8.06. The topological polar surface area (TPSA) is 30.5 Å². The Morgan fingerprint density at radius 2 is 2.42 bits per heavy atom. The number of hydrogen-bond donors (Lipinski definition) is 1. The summed E-state index contributed by atoms with van der Waals surface area (Å²) in [5.41, 5.74) is 1.16. The molecule has 0 saturated carbocycles. The Morgan fingerprint density at radius 3 is 2.92 bits per heavy atom. The van der Waals surface area contributed by atoms with Gasteiger partial charge in [0, 0.05) is 5.70 Å². The lowest BCUT2D eigenvalue weighted by Gasteiger charge is -2.12. The second-order valence-electron chi connectivity index (χ2n) is 3.02. The molecule has 0 bridgehead atoms. The van der Waals surface area contributed by atoms with Crippen LogP contribution in [-0.4, -0.2) is 24.4 Å². The third kappa shape index (κ3) is 1.60. The maximum absolute atomic E-state index is 5.53. The molecule has 0 aliphatic carbocycles. The predicted octanol–water partition coefficient (Wildman–Crippen LogP) is 1.27. The summed E-state index contributed by atoms with van der Waals surface area (Å²) in [5, 5.41) is 5.93. The van der Waals surface area contributed by atoms with E-state index in [2.05, 4.69) is 17.6 Å². The highest BCUT2D eigenvalue weighted by Crippen LogP contribution is 2.26. The molecule has 3 atom stereocenters. The van der Waals surface area contributed by atoms with Crippen LogP contribution >= 0.6 is 11.8 Å². The number of ether oxygens (including phenoxy) is 2. The van der Waals surface area contributed by atoms with Crippen LogP contribution in [0.15, 0.2) is 11.1 Å². The van der Waals surface area contributed by atoms with Crippen molar-refractivity contribution in [2.45, 2.75) is 31.6 Å². The number of thioether (sulfide) groups is 1. The Labute approximate surface area is 76.5 Å². The van der Waals surface area contributed by atoms with Gasteiger partial charge in [0.2, 0.25) is 0 Å². The third-order valence-electron chi connectivity index (χ3n) is 1.95. The van der Waals surface area contributed by atoms with Gasteiger partial charge in [-0.15, -0.1) is 11.8 Å². The van der Waals surface area contributed by atoms with Crippen molar-refractivity contribution < 1.29 is 9.47 Å². The molecular formula is C8H13NO2S. The molecule has 0 radical (unpaired) electrons. The summed E-state index contributed by atoms with van der Waals surface area (Å²) in [7, 11) is 0. The van der Waals surface area contributed by atoms with Gasteiger partial charge >= 0.3 is 0 Å². The molecule has 68 valence electrons. The average Bonchev–Trinajstić information content (AvgIpc) is 2.58. The van der Waals surface area contributed by atoms with Crippen LogP contribution < -0.4 is 5.32 Å². The molecule has 2 aliphatic heterocycles. The molecule has 3 nitrogen and oxygen atoms in total. The van der Waals surface area contributed by atoms with E-state index in [1.165, 1.54) is 0 Å². The molecule has 1 N–H and O–H groups in total. The zero-order chi connectivity index (χ0) is 8.55. The molecule has 3 unspecified atom stereocenters. The Morgan fingerprint density at radius 1 is 1.58 bits per heavy atom. The molecule has 1 saturated heterocycles. The first-order chi connectivity index (χ1) is 5.75. The van der Waals surface area contributed by atoms with E-state index < -0.39 is 0 Å². The minimum absolute atomic E-state index is 0.0568. The fourth-order valence-corrected chi connectivity index (χ4v) is 2.12. The molecule has 0 aromatic rings. The SMILES string of the molecule is CC1OCC(C2=CSC(C)N2)O1. The quantitative estimate of drug-likeness (QED) is 0.669. The molecule has 0 aromatic heterocycles. The third-order valence-corrected chi connectivity index (χ3v) is 2.87. The molecular weight excluding hydrogens is 174 g/mol. The maximum atomic E-state index is 5.53. The van der Waals surface area contributed by atoms with Crippen molar-refractivity contribution >= 4 is 11.8 Å². The van der Waals surface area contributed by atoms with Gasteiger partial charge in [-0.05, 0) is 19.3 Å². The lowest BCUT2D eigenvalue weighted by molar-refractivity contribution is -0.0371. The first-order valence-electron chi connectivity index (χ1n) is 4.15. The highest BCUT2D eigenvalue weighted by atomic mass is 32.2. The van der Waals surface area contributed by atoms with E-state index in [9.17, 15) is 0 Å². The van der Waals surface area contributed by atoms with Crippen molar-refractivity contribution in [1.82, 2.24) is 5.32 Å². The monoisotopic (exact) mass is 187 g/mol. The second kappa shape index (κ2) is 3.28. The summed E-state index contributed by atoms with van der Waals surface area (Å²) >= 11 is 1.78. The molecule has 4 heteroatoms. The van der Waals surface area contributed by atoms with Crippen LogP contribution in [-0.2, 0) is 9.47 Å². The normalized spacial score (nSPS) is 41.2. The molecule has 0 spiro atoms. The van der Waals surface area contributed by atoms with E-state index in [4.69, 9.17) is 9.47 Å². The van der Waals surface area contributed by atoms with Crippen LogP contribution in [0.4, 0.5) is 0 Å². The zero-order valence-electron chi connectivity index (χ0n) is 7.24. The number of nitrogens with one attached hydrogen (secondary N) is 1. The Kier molecular flexibility index (Phi) is 2.30. The molecule has 12 heavy (non-hydrogen) atoms. The van der Waals surface area contributed by atoms with Crippen molar-refractivity contribution in [3.8, 4) is 0 Å². The van der Waals surface area contributed by atoms with Crippen molar-refractivity contribution in [1.29, 1.82) is 0 Å². The highest BCUT2D eigenvalue weighted by molar-refractivity contribution is 8.02. The fraction of sp³-hybridized carbons (Fsp3) is 0.750. The number of rotatable bonds is 1. The van der Waals surface area contributed by atoms with Gasteiger partial charge in [0.25, 0.3) is 0 Å². The standard InChI is InChI=1S/C8H13NO2S/c1-5-9-7(4-12-5)8-3-10-6(2)11-8/h4-6,8-9H,3H2,1-2H3. The first kappa shape index (κ1) is 8.41. The van der Waals surface area contributed by atoms with Crippen LogP contribution in [0.1, 0.15) is 13.8 Å². The molecule has 1 fully saturated rings. The minimum Gasteiger partial charge on any atom is -0.374 e. The van der Waals surface area contributed by atoms with Gasteiger partial charge < -0.3 is 14.8 Å². The van der Waals surface area contributed by atoms with Gasteiger partial charge in [0.05, 0.1) is 12.0 Å². The average molecular weight is 187 g/mol. The van der Waals surface area contributed by atoms with Gasteiger partial charge in [0.15, 0.2) is 6.29 Å². The molecule has 0 aromatic carbocycles. The summed E-state index contributed by atoms with van der Waals surface area (Å²) in [4.78, 5) is 0. The Balaban J connectivity index is 1.93. The van der Waals surface area contributed by atoms with E-state index >= 15 is 0 Å². The van der Waals surface area contributed by atoms with Crippen LogP contribution in [0.2, 0.25) is 0 Å². The van der Waals surface area contributed by atoms with Gasteiger partial charge in [-0.3, -0.25) is 0 Å². The summed E-state index contributed by atoms with van der Waals surface area (Å²) < 4.78 is 10.8. The van der Waals surface area contributed by atoms with Crippen LogP contribution in [0, 0.1) is 0 Å². The molecule has 2 rings (SSSR count). The predicted molar refractivity (Wildman–Crippen MR) is 48.6 cm³/mol. The Hall–Kier alpha value is -0.190. The summed E-state index contributed by atoms with van der Waals surface area (Å²) in [6.45, 7) is 4.73. The lowest BCUT2D eigenvalue weighted by atomic mass is 10.3. The molecule has 2 aliphatic rings. The maximum Gasteiger partial charge on any atom is 0.155 e. The van der Waals surface area contributed by atoms with E-state index in [1.54, 1.807) is 11.8 Å². The smallest absolute Gasteiger partial charge is 0.155 e. The summed E-state index contributed by atoms with van der Waals surface area (Å²) in [6.07, 6.45) is 0.0658. The second-order valence-corrected chi connectivity index (χ2v) is 4.24. The van der Waals surface area contributed by atoms with Crippen LogP contribution in [0.5, 0.6) is 0 Å². The van der Waals surface area contributed by atoms with Gasteiger partial charge in [-0.2, -0.15) is 0 Å². The largest absolute Gasteiger partial charge is 0.374 e. The van der Waals surface area contributed by atoms with E-state index in [-0.39, 0.29) is 12.4 Å². The summed E-state index contributed by atoms with van der Waals surface area (Å²) in [6, 6.07) is 0. The Bertz CT molecular complexity index is 207. The van der Waals surface area contributed by atoms with Crippen molar-refractivity contribution in [3.63, 3.8) is 0 Å². The van der Waals surface area contributed by atoms with Gasteiger partial charge in [-0.25, -0.2) is 0 Å². The minimum atomic E-state index is -0.0568.